The average molecular weight is 254 g/mol. The molecule has 1 saturated heterocycles. The molecule has 2 fully saturated rings. The highest BCUT2D eigenvalue weighted by Gasteiger charge is 2.40. The van der Waals surface area contributed by atoms with Gasteiger partial charge in [-0.15, -0.1) is 0 Å². The summed E-state index contributed by atoms with van der Waals surface area (Å²) in [4.78, 5) is 14.1. The van der Waals surface area contributed by atoms with Crippen LogP contribution < -0.4 is 5.32 Å². The molecule has 0 bridgehead atoms. The number of piperidine rings is 1. The number of likely N-dealkylation sites (tertiary alicyclic amines) is 1. The lowest BCUT2D eigenvalue weighted by molar-refractivity contribution is -0.129. The topological polar surface area (TPSA) is 52.6 Å². The second-order valence-electron chi connectivity index (χ2n) is 5.87. The first-order chi connectivity index (χ1) is 8.64. The SMILES string of the molecule is C[C@H](O)C(=O)NCC1(N2CCCCC2)CCCC1. The molecule has 2 rings (SSSR count). The highest BCUT2D eigenvalue weighted by atomic mass is 16.3. The number of nitrogens with zero attached hydrogens (tertiary/aromatic N) is 1. The van der Waals surface area contributed by atoms with Gasteiger partial charge in [-0.2, -0.15) is 0 Å². The fourth-order valence-corrected chi connectivity index (χ4v) is 3.41. The maximum absolute atomic E-state index is 11.5. The maximum atomic E-state index is 11.5. The average Bonchev–Trinajstić information content (AvgIpc) is 2.87. The van der Waals surface area contributed by atoms with Crippen molar-refractivity contribution in [1.29, 1.82) is 0 Å². The number of carbonyl (C=O) groups is 1. The van der Waals surface area contributed by atoms with Gasteiger partial charge in [0.25, 0.3) is 0 Å². The van der Waals surface area contributed by atoms with E-state index in [1.165, 1.54) is 65.0 Å². The van der Waals surface area contributed by atoms with Gasteiger partial charge in [0.15, 0.2) is 0 Å². The molecular formula is C14H26N2O2. The molecule has 0 spiro atoms. The van der Waals surface area contributed by atoms with E-state index >= 15 is 0 Å². The van der Waals surface area contributed by atoms with Gasteiger partial charge in [-0.25, -0.2) is 0 Å². The smallest absolute Gasteiger partial charge is 0.248 e. The first-order valence-electron chi connectivity index (χ1n) is 7.35. The first kappa shape index (κ1) is 13.8. The molecule has 1 saturated carbocycles. The first-order valence-corrected chi connectivity index (χ1v) is 7.35. The Balaban J connectivity index is 1.95. The fraction of sp³-hybridized carbons (Fsp3) is 0.929. The Morgan fingerprint density at radius 1 is 1.22 bits per heavy atom. The molecule has 18 heavy (non-hydrogen) atoms. The van der Waals surface area contributed by atoms with Crippen molar-refractivity contribution in [3.05, 3.63) is 0 Å². The molecule has 104 valence electrons. The van der Waals surface area contributed by atoms with Crippen LogP contribution in [-0.4, -0.2) is 47.2 Å². The van der Waals surface area contributed by atoms with Crippen molar-refractivity contribution in [2.24, 2.45) is 0 Å². The van der Waals surface area contributed by atoms with Crippen molar-refractivity contribution in [3.63, 3.8) is 0 Å². The van der Waals surface area contributed by atoms with Crippen LogP contribution in [0.3, 0.4) is 0 Å². The van der Waals surface area contributed by atoms with Crippen LogP contribution in [0.15, 0.2) is 0 Å². The predicted molar refractivity (Wildman–Crippen MR) is 71.3 cm³/mol. The molecule has 4 nitrogen and oxygen atoms in total. The Hall–Kier alpha value is -0.610. The Kier molecular flexibility index (Phi) is 4.62. The normalized spacial score (nSPS) is 25.9. The van der Waals surface area contributed by atoms with Crippen LogP contribution in [-0.2, 0) is 4.79 Å². The van der Waals surface area contributed by atoms with E-state index in [-0.39, 0.29) is 11.4 Å². The summed E-state index contributed by atoms with van der Waals surface area (Å²) in [5.74, 6) is -0.238. The highest BCUT2D eigenvalue weighted by Crippen LogP contribution is 2.36. The number of hydrogen-bond donors (Lipinski definition) is 2. The number of amides is 1. The fourth-order valence-electron chi connectivity index (χ4n) is 3.41. The molecule has 1 heterocycles. The standard InChI is InChI=1S/C14H26N2O2/c1-12(17)13(18)15-11-14(7-3-4-8-14)16-9-5-2-6-10-16/h12,17H,2-11H2,1H3,(H,15,18)/t12-/m0/s1. The number of aliphatic hydroxyl groups is 1. The molecule has 0 unspecified atom stereocenters. The molecule has 1 aliphatic heterocycles. The van der Waals surface area contributed by atoms with Gasteiger partial charge in [-0.1, -0.05) is 19.3 Å². The van der Waals surface area contributed by atoms with E-state index in [2.05, 4.69) is 10.2 Å². The third kappa shape index (κ3) is 3.04. The summed E-state index contributed by atoms with van der Waals surface area (Å²) in [6.45, 7) is 4.57. The van der Waals surface area contributed by atoms with Crippen molar-refractivity contribution in [2.45, 2.75) is 63.5 Å². The van der Waals surface area contributed by atoms with Gasteiger partial charge in [0.2, 0.25) is 5.91 Å². The molecule has 1 amide bonds. The van der Waals surface area contributed by atoms with Gasteiger partial charge in [0.1, 0.15) is 6.10 Å². The second-order valence-corrected chi connectivity index (χ2v) is 5.87. The van der Waals surface area contributed by atoms with E-state index in [9.17, 15) is 9.90 Å². The van der Waals surface area contributed by atoms with E-state index in [1.54, 1.807) is 0 Å². The molecule has 2 N–H and O–H groups in total. The summed E-state index contributed by atoms with van der Waals surface area (Å²) in [6, 6.07) is 0. The zero-order valence-electron chi connectivity index (χ0n) is 11.5. The minimum atomic E-state index is -0.898. The summed E-state index contributed by atoms with van der Waals surface area (Å²) in [5, 5.41) is 12.2. The van der Waals surface area contributed by atoms with Crippen LogP contribution in [0.4, 0.5) is 0 Å². The van der Waals surface area contributed by atoms with Gasteiger partial charge in [-0.3, -0.25) is 9.69 Å². The number of rotatable bonds is 4. The summed E-state index contributed by atoms with van der Waals surface area (Å²) in [6.07, 6.45) is 7.91. The van der Waals surface area contributed by atoms with Crippen LogP contribution in [0.25, 0.3) is 0 Å². The van der Waals surface area contributed by atoms with Gasteiger partial charge < -0.3 is 10.4 Å². The summed E-state index contributed by atoms with van der Waals surface area (Å²) >= 11 is 0. The van der Waals surface area contributed by atoms with Crippen molar-refractivity contribution in [3.8, 4) is 0 Å². The van der Waals surface area contributed by atoms with Crippen LogP contribution in [0.5, 0.6) is 0 Å². The predicted octanol–water partition coefficient (Wildman–Crippen LogP) is 1.28. The third-order valence-corrected chi connectivity index (χ3v) is 4.53. The molecule has 0 radical (unpaired) electrons. The minimum absolute atomic E-state index is 0.172. The summed E-state index contributed by atoms with van der Waals surface area (Å²) < 4.78 is 0. The molecular weight excluding hydrogens is 228 g/mol. The van der Waals surface area contributed by atoms with E-state index in [0.29, 0.717) is 6.54 Å². The number of nitrogens with one attached hydrogen (secondary N) is 1. The molecule has 0 aromatic carbocycles. The second kappa shape index (κ2) is 6.02. The summed E-state index contributed by atoms with van der Waals surface area (Å²) in [5.41, 5.74) is 0.172. The van der Waals surface area contributed by atoms with E-state index < -0.39 is 6.10 Å². The highest BCUT2D eigenvalue weighted by molar-refractivity contribution is 5.80. The summed E-state index contributed by atoms with van der Waals surface area (Å²) in [7, 11) is 0. The quantitative estimate of drug-likeness (QED) is 0.794. The zero-order valence-corrected chi connectivity index (χ0v) is 11.5. The van der Waals surface area contributed by atoms with Crippen LogP contribution >= 0.6 is 0 Å². The van der Waals surface area contributed by atoms with Crippen molar-refractivity contribution in [1.82, 2.24) is 10.2 Å². The molecule has 0 aromatic rings. The third-order valence-electron chi connectivity index (χ3n) is 4.53. The van der Waals surface area contributed by atoms with Crippen LogP contribution in [0.1, 0.15) is 51.9 Å². The Morgan fingerprint density at radius 3 is 2.39 bits per heavy atom. The van der Waals surface area contributed by atoms with Crippen LogP contribution in [0, 0.1) is 0 Å². The largest absolute Gasteiger partial charge is 0.384 e. The Labute approximate surface area is 110 Å². The number of hydrogen-bond acceptors (Lipinski definition) is 3. The molecule has 2 aliphatic rings. The van der Waals surface area contributed by atoms with Gasteiger partial charge in [0, 0.05) is 12.1 Å². The molecule has 4 heteroatoms. The molecule has 1 atom stereocenters. The monoisotopic (exact) mass is 254 g/mol. The minimum Gasteiger partial charge on any atom is -0.384 e. The molecule has 0 aromatic heterocycles. The van der Waals surface area contributed by atoms with Crippen molar-refractivity contribution >= 4 is 5.91 Å². The number of aliphatic hydroxyl groups excluding tert-OH is 1. The van der Waals surface area contributed by atoms with E-state index in [0.717, 1.165) is 0 Å². The number of carbonyl (C=O) groups excluding carboxylic acids is 1. The molecule has 1 aliphatic carbocycles. The van der Waals surface area contributed by atoms with Crippen LogP contribution in [0.2, 0.25) is 0 Å². The van der Waals surface area contributed by atoms with Gasteiger partial charge in [-0.05, 0) is 45.7 Å². The Morgan fingerprint density at radius 2 is 1.83 bits per heavy atom. The van der Waals surface area contributed by atoms with E-state index in [4.69, 9.17) is 0 Å². The maximum Gasteiger partial charge on any atom is 0.248 e. The van der Waals surface area contributed by atoms with E-state index in [1.807, 2.05) is 0 Å². The lowest BCUT2D eigenvalue weighted by Crippen LogP contribution is -2.56. The lowest BCUT2D eigenvalue weighted by atomic mass is 9.92. The van der Waals surface area contributed by atoms with Gasteiger partial charge in [0.05, 0.1) is 0 Å². The lowest BCUT2D eigenvalue weighted by Gasteiger charge is -2.43. The Bertz CT molecular complexity index is 280. The van der Waals surface area contributed by atoms with Gasteiger partial charge >= 0.3 is 0 Å². The van der Waals surface area contributed by atoms with Crippen molar-refractivity contribution < 1.29 is 9.90 Å². The zero-order chi connectivity index (χ0) is 13.0. The van der Waals surface area contributed by atoms with Crippen molar-refractivity contribution in [2.75, 3.05) is 19.6 Å².